The lowest BCUT2D eigenvalue weighted by molar-refractivity contribution is 0.0939. The zero-order valence-corrected chi connectivity index (χ0v) is 17.7. The summed E-state index contributed by atoms with van der Waals surface area (Å²) in [6.45, 7) is 0. The van der Waals surface area contributed by atoms with Gasteiger partial charge in [-0.15, -0.1) is 0 Å². The van der Waals surface area contributed by atoms with Crippen molar-refractivity contribution in [1.82, 2.24) is 20.8 Å². The van der Waals surface area contributed by atoms with E-state index in [0.29, 0.717) is 0 Å². The van der Waals surface area contributed by atoms with E-state index in [9.17, 15) is 4.79 Å². The summed E-state index contributed by atoms with van der Waals surface area (Å²) in [5.74, 6) is -0.383. The zero-order valence-electron chi connectivity index (χ0n) is 16.9. The summed E-state index contributed by atoms with van der Waals surface area (Å²) >= 11 is 5.27. The fourth-order valence-electron chi connectivity index (χ4n) is 3.63. The number of benzene rings is 3. The van der Waals surface area contributed by atoms with Crippen molar-refractivity contribution in [2.75, 3.05) is 5.32 Å². The normalized spacial score (nSPS) is 10.8. The fraction of sp³-hybridized carbons (Fsp3) is 0. The summed E-state index contributed by atoms with van der Waals surface area (Å²) in [6.07, 6.45) is 0. The Morgan fingerprint density at radius 1 is 0.812 bits per heavy atom. The van der Waals surface area contributed by atoms with Crippen LogP contribution in [0, 0.1) is 0 Å². The van der Waals surface area contributed by atoms with Gasteiger partial charge in [0, 0.05) is 27.5 Å². The summed E-state index contributed by atoms with van der Waals surface area (Å²) in [6, 6.07) is 29.1. The topological polar surface area (TPSA) is 81.8 Å². The molecule has 0 saturated carbocycles. The number of rotatable bonds is 3. The highest BCUT2D eigenvalue weighted by Crippen LogP contribution is 2.32. The number of carbonyl (C=O) groups is 1. The Bertz CT molecular complexity index is 1430. The summed E-state index contributed by atoms with van der Waals surface area (Å²) < 4.78 is 0. The van der Waals surface area contributed by atoms with E-state index in [4.69, 9.17) is 12.2 Å². The van der Waals surface area contributed by atoms with E-state index in [1.807, 2.05) is 84.9 Å². The molecule has 0 radical (unpaired) electrons. The molecule has 156 valence electrons. The molecule has 0 saturated heterocycles. The van der Waals surface area contributed by atoms with E-state index < -0.39 is 0 Å². The fourth-order valence-corrected chi connectivity index (χ4v) is 3.80. The van der Waals surface area contributed by atoms with E-state index in [-0.39, 0.29) is 16.7 Å². The first-order chi connectivity index (χ1) is 15.7. The van der Waals surface area contributed by atoms with Gasteiger partial charge in [-0.3, -0.25) is 15.6 Å². The first-order valence-corrected chi connectivity index (χ1v) is 10.5. The molecule has 7 heteroatoms. The number of nitrogens with zero attached hydrogens (tertiary/aromatic N) is 1. The number of hydrazine groups is 1. The summed E-state index contributed by atoms with van der Waals surface area (Å²) in [7, 11) is 0. The lowest BCUT2D eigenvalue weighted by Gasteiger charge is -2.12. The number of carbonyl (C=O) groups excluding carboxylic acids is 1. The Morgan fingerprint density at radius 3 is 2.28 bits per heavy atom. The van der Waals surface area contributed by atoms with Crippen molar-refractivity contribution >= 4 is 50.7 Å². The number of para-hydroxylation sites is 2. The molecule has 0 aliphatic heterocycles. The lowest BCUT2D eigenvalue weighted by Crippen LogP contribution is -2.44. The molecule has 0 spiro atoms. The first kappa shape index (κ1) is 19.7. The van der Waals surface area contributed by atoms with E-state index in [2.05, 4.69) is 26.1 Å². The van der Waals surface area contributed by atoms with Crippen LogP contribution in [0.2, 0.25) is 0 Å². The summed E-state index contributed by atoms with van der Waals surface area (Å²) in [5, 5.41) is 5.26. The molecule has 0 atom stereocenters. The van der Waals surface area contributed by atoms with Gasteiger partial charge in [-0.1, -0.05) is 66.7 Å². The Kier molecular flexibility index (Phi) is 5.23. The Balaban J connectivity index is 1.47. The molecular formula is C25H19N5OS. The van der Waals surface area contributed by atoms with Crippen LogP contribution in [0.3, 0.4) is 0 Å². The number of pyridine rings is 1. The minimum absolute atomic E-state index is 0.279. The number of thiocarbonyl (C=S) groups is 1. The number of amides is 1. The molecule has 32 heavy (non-hydrogen) atoms. The van der Waals surface area contributed by atoms with Crippen molar-refractivity contribution in [3.8, 4) is 11.3 Å². The molecule has 6 nitrogen and oxygen atoms in total. The van der Waals surface area contributed by atoms with Gasteiger partial charge in [0.15, 0.2) is 5.11 Å². The van der Waals surface area contributed by atoms with Crippen LogP contribution in [0.5, 0.6) is 0 Å². The van der Waals surface area contributed by atoms with E-state index >= 15 is 0 Å². The molecule has 2 heterocycles. The third kappa shape index (κ3) is 3.89. The average Bonchev–Trinajstić information content (AvgIpc) is 3.22. The van der Waals surface area contributed by atoms with Crippen molar-refractivity contribution < 1.29 is 4.79 Å². The number of nitrogens with one attached hydrogen (secondary N) is 4. The van der Waals surface area contributed by atoms with Crippen LogP contribution in [0.1, 0.15) is 10.5 Å². The van der Waals surface area contributed by atoms with Crippen LogP contribution in [-0.4, -0.2) is 21.0 Å². The van der Waals surface area contributed by atoms with Crippen molar-refractivity contribution in [2.45, 2.75) is 0 Å². The van der Waals surface area contributed by atoms with Gasteiger partial charge < -0.3 is 10.3 Å². The first-order valence-electron chi connectivity index (χ1n) is 10.1. The largest absolute Gasteiger partial charge is 0.353 e. The van der Waals surface area contributed by atoms with E-state index in [1.165, 1.54) is 0 Å². The minimum Gasteiger partial charge on any atom is -0.353 e. The maximum atomic E-state index is 13.0. The van der Waals surface area contributed by atoms with Crippen LogP contribution in [0.4, 0.5) is 5.69 Å². The second kappa shape index (κ2) is 8.49. The van der Waals surface area contributed by atoms with Crippen molar-refractivity contribution in [2.24, 2.45) is 0 Å². The standard InChI is InChI=1S/C25H19N5OS/c31-24(29-30-25(32)26-17-11-5-2-6-12-17)21-15-19-18-13-7-8-14-20(18)27-23(19)22(28-21)16-9-3-1-4-10-16/h1-15,27H,(H,29,31)(H2,26,30,32). The lowest BCUT2D eigenvalue weighted by atomic mass is 10.1. The Labute approximate surface area is 189 Å². The minimum atomic E-state index is -0.383. The summed E-state index contributed by atoms with van der Waals surface area (Å²) in [5.41, 5.74) is 10.0. The highest BCUT2D eigenvalue weighted by Gasteiger charge is 2.17. The Hall–Kier alpha value is -4.23. The monoisotopic (exact) mass is 437 g/mol. The van der Waals surface area contributed by atoms with Gasteiger partial charge in [0.1, 0.15) is 5.69 Å². The van der Waals surface area contributed by atoms with Crippen LogP contribution in [0.15, 0.2) is 91.0 Å². The average molecular weight is 438 g/mol. The second-order valence-corrected chi connectivity index (χ2v) is 7.62. The quantitative estimate of drug-likeness (QED) is 0.236. The molecule has 0 aliphatic carbocycles. The molecular weight excluding hydrogens is 418 g/mol. The third-order valence-corrected chi connectivity index (χ3v) is 5.30. The number of fused-ring (bicyclic) bond motifs is 3. The van der Waals surface area contributed by atoms with Gasteiger partial charge in [0.05, 0.1) is 11.2 Å². The number of aromatic amines is 1. The predicted molar refractivity (Wildman–Crippen MR) is 132 cm³/mol. The van der Waals surface area contributed by atoms with Gasteiger partial charge in [-0.25, -0.2) is 4.98 Å². The molecule has 0 bridgehead atoms. The van der Waals surface area contributed by atoms with Gasteiger partial charge in [-0.2, -0.15) is 0 Å². The van der Waals surface area contributed by atoms with Gasteiger partial charge in [-0.05, 0) is 36.5 Å². The van der Waals surface area contributed by atoms with Crippen molar-refractivity contribution in [3.63, 3.8) is 0 Å². The molecule has 5 aromatic rings. The van der Waals surface area contributed by atoms with Gasteiger partial charge in [0.25, 0.3) is 5.91 Å². The number of H-pyrrole nitrogens is 1. The smallest absolute Gasteiger partial charge is 0.288 e. The molecule has 1 amide bonds. The van der Waals surface area contributed by atoms with E-state index in [1.54, 1.807) is 6.07 Å². The van der Waals surface area contributed by atoms with Crippen LogP contribution >= 0.6 is 12.2 Å². The SMILES string of the molecule is O=C(NNC(=S)Nc1ccccc1)c1cc2c([nH]c3ccccc32)c(-c2ccccc2)n1. The van der Waals surface area contributed by atoms with Crippen LogP contribution in [0.25, 0.3) is 33.1 Å². The Morgan fingerprint density at radius 2 is 1.50 bits per heavy atom. The van der Waals surface area contributed by atoms with Crippen LogP contribution in [-0.2, 0) is 0 Å². The van der Waals surface area contributed by atoms with E-state index in [0.717, 1.165) is 38.8 Å². The zero-order chi connectivity index (χ0) is 21.9. The maximum Gasteiger partial charge on any atom is 0.288 e. The number of anilines is 1. The third-order valence-electron chi connectivity index (χ3n) is 5.10. The van der Waals surface area contributed by atoms with Crippen molar-refractivity contribution in [3.05, 3.63) is 96.7 Å². The number of hydrogen-bond acceptors (Lipinski definition) is 3. The second-order valence-electron chi connectivity index (χ2n) is 7.21. The summed E-state index contributed by atoms with van der Waals surface area (Å²) in [4.78, 5) is 21.1. The van der Waals surface area contributed by atoms with Crippen LogP contribution < -0.4 is 16.2 Å². The molecule has 0 fully saturated rings. The molecule has 3 aromatic carbocycles. The van der Waals surface area contributed by atoms with Gasteiger partial charge >= 0.3 is 0 Å². The number of hydrogen-bond donors (Lipinski definition) is 4. The molecule has 5 rings (SSSR count). The van der Waals surface area contributed by atoms with Gasteiger partial charge in [0.2, 0.25) is 0 Å². The molecule has 0 unspecified atom stereocenters. The maximum absolute atomic E-state index is 13.0. The number of aromatic nitrogens is 2. The highest BCUT2D eigenvalue weighted by molar-refractivity contribution is 7.80. The molecule has 2 aromatic heterocycles. The van der Waals surface area contributed by atoms with Crippen molar-refractivity contribution in [1.29, 1.82) is 0 Å². The molecule has 4 N–H and O–H groups in total. The predicted octanol–water partition coefficient (Wildman–Crippen LogP) is 5.01. The molecule has 0 aliphatic rings. The highest BCUT2D eigenvalue weighted by atomic mass is 32.1.